The van der Waals surface area contributed by atoms with Gasteiger partial charge in [-0.3, -0.25) is 4.79 Å². The third kappa shape index (κ3) is 3.01. The molecule has 2 aromatic carbocycles. The molecule has 0 fully saturated rings. The molecule has 22 heavy (non-hydrogen) atoms. The first-order valence-corrected chi connectivity index (χ1v) is 6.62. The number of hydrogen-bond donors (Lipinski definition) is 0. The van der Waals surface area contributed by atoms with Gasteiger partial charge in [-0.05, 0) is 42.0 Å². The fourth-order valence-corrected chi connectivity index (χ4v) is 2.01. The number of benzene rings is 2. The second-order valence-corrected chi connectivity index (χ2v) is 4.56. The molecular formula is C18H11FNO2. The fourth-order valence-electron chi connectivity index (χ4n) is 2.01. The van der Waals surface area contributed by atoms with Crippen LogP contribution in [0, 0.1) is 11.9 Å². The maximum atomic E-state index is 12.8. The Labute approximate surface area is 126 Å². The Hall–Kier alpha value is -3.01. The monoisotopic (exact) mass is 292 g/mol. The number of ketones is 1. The molecule has 4 heteroatoms. The van der Waals surface area contributed by atoms with Crippen LogP contribution in [-0.2, 0) is 0 Å². The lowest BCUT2D eigenvalue weighted by Gasteiger charge is -2.02. The Balaban J connectivity index is 1.88. The van der Waals surface area contributed by atoms with Crippen LogP contribution < -0.4 is 0 Å². The highest BCUT2D eigenvalue weighted by Crippen LogP contribution is 2.22. The van der Waals surface area contributed by atoms with Crippen molar-refractivity contribution in [3.8, 4) is 11.5 Å². The van der Waals surface area contributed by atoms with Crippen LogP contribution in [0.4, 0.5) is 4.39 Å². The lowest BCUT2D eigenvalue weighted by atomic mass is 10.0. The molecule has 0 saturated heterocycles. The lowest BCUT2D eigenvalue weighted by molar-refractivity contribution is 0.104. The van der Waals surface area contributed by atoms with E-state index in [1.54, 1.807) is 36.4 Å². The number of aromatic nitrogens is 1. The van der Waals surface area contributed by atoms with Gasteiger partial charge in [-0.2, -0.15) is 0 Å². The van der Waals surface area contributed by atoms with Crippen molar-refractivity contribution in [1.29, 1.82) is 0 Å². The normalized spacial score (nSPS) is 11.0. The van der Waals surface area contributed by atoms with E-state index in [0.717, 1.165) is 5.56 Å². The zero-order valence-corrected chi connectivity index (χ0v) is 11.5. The molecule has 0 aliphatic rings. The molecule has 3 nitrogen and oxygen atoms in total. The lowest BCUT2D eigenvalue weighted by Crippen LogP contribution is -1.97. The molecule has 0 saturated carbocycles. The van der Waals surface area contributed by atoms with Crippen LogP contribution >= 0.6 is 0 Å². The molecule has 3 aromatic rings. The second kappa shape index (κ2) is 6.18. The number of halogens is 1. The van der Waals surface area contributed by atoms with Crippen molar-refractivity contribution in [2.45, 2.75) is 0 Å². The Morgan fingerprint density at radius 3 is 2.77 bits per heavy atom. The highest BCUT2D eigenvalue weighted by molar-refractivity contribution is 6.10. The molecule has 0 N–H and O–H groups in total. The average molecular weight is 292 g/mol. The Morgan fingerprint density at radius 2 is 2.05 bits per heavy atom. The van der Waals surface area contributed by atoms with Gasteiger partial charge in [-0.1, -0.05) is 24.3 Å². The first-order chi connectivity index (χ1) is 10.7. The average Bonchev–Trinajstić information content (AvgIpc) is 3.08. The molecule has 0 spiro atoms. The van der Waals surface area contributed by atoms with E-state index in [0.29, 0.717) is 17.0 Å². The molecule has 3 rings (SSSR count). The predicted molar refractivity (Wildman–Crippen MR) is 80.5 cm³/mol. The summed E-state index contributed by atoms with van der Waals surface area (Å²) in [4.78, 5) is 16.4. The third-order valence-corrected chi connectivity index (χ3v) is 3.09. The van der Waals surface area contributed by atoms with Crippen LogP contribution in [0.1, 0.15) is 15.9 Å². The number of rotatable bonds is 4. The third-order valence-electron chi connectivity index (χ3n) is 3.09. The van der Waals surface area contributed by atoms with Gasteiger partial charge in [0.05, 0.1) is 6.20 Å². The van der Waals surface area contributed by atoms with E-state index in [-0.39, 0.29) is 11.6 Å². The maximum Gasteiger partial charge on any atom is 0.226 e. The Kier molecular flexibility index (Phi) is 3.92. The smallest absolute Gasteiger partial charge is 0.226 e. The molecule has 1 radical (unpaired) electrons. The van der Waals surface area contributed by atoms with Crippen LogP contribution in [0.2, 0.25) is 0 Å². The van der Waals surface area contributed by atoms with Gasteiger partial charge in [0.1, 0.15) is 12.1 Å². The van der Waals surface area contributed by atoms with Gasteiger partial charge in [-0.15, -0.1) is 0 Å². The molecule has 1 heterocycles. The van der Waals surface area contributed by atoms with E-state index in [2.05, 4.69) is 11.1 Å². The van der Waals surface area contributed by atoms with Gasteiger partial charge in [-0.25, -0.2) is 9.37 Å². The summed E-state index contributed by atoms with van der Waals surface area (Å²) in [5.41, 5.74) is 1.80. The summed E-state index contributed by atoms with van der Waals surface area (Å²) < 4.78 is 18.1. The molecule has 1 aromatic heterocycles. The second-order valence-electron chi connectivity index (χ2n) is 4.56. The van der Waals surface area contributed by atoms with Gasteiger partial charge in [0.2, 0.25) is 5.89 Å². The fraction of sp³-hybridized carbons (Fsp3) is 0. The van der Waals surface area contributed by atoms with Crippen molar-refractivity contribution in [2.75, 3.05) is 0 Å². The summed E-state index contributed by atoms with van der Waals surface area (Å²) in [6, 6.07) is 13.8. The van der Waals surface area contributed by atoms with Crippen molar-refractivity contribution in [2.24, 2.45) is 0 Å². The van der Waals surface area contributed by atoms with E-state index in [9.17, 15) is 9.18 Å². The Morgan fingerprint density at radius 1 is 1.23 bits per heavy atom. The topological polar surface area (TPSA) is 43.1 Å². The van der Waals surface area contributed by atoms with Crippen LogP contribution in [0.3, 0.4) is 0 Å². The molecule has 0 bridgehead atoms. The highest BCUT2D eigenvalue weighted by atomic mass is 19.1. The van der Waals surface area contributed by atoms with E-state index in [4.69, 9.17) is 4.42 Å². The SMILES string of the molecule is O=C(C=Cc1ccc(F)cc1)c1c[c]ccc1-c1ncco1. The summed E-state index contributed by atoms with van der Waals surface area (Å²) in [5, 5.41) is 0. The minimum atomic E-state index is -0.313. The zero-order valence-electron chi connectivity index (χ0n) is 11.5. The number of carbonyl (C=O) groups excluding carboxylic acids is 1. The zero-order chi connectivity index (χ0) is 15.4. The number of oxazole rings is 1. The van der Waals surface area contributed by atoms with Gasteiger partial charge < -0.3 is 4.42 Å². The minimum Gasteiger partial charge on any atom is -0.445 e. The van der Waals surface area contributed by atoms with E-state index < -0.39 is 0 Å². The predicted octanol–water partition coefficient (Wildman–Crippen LogP) is 4.18. The van der Waals surface area contributed by atoms with Crippen molar-refractivity contribution in [3.63, 3.8) is 0 Å². The van der Waals surface area contributed by atoms with Crippen LogP contribution in [-0.4, -0.2) is 10.8 Å². The van der Waals surface area contributed by atoms with Crippen LogP contribution in [0.5, 0.6) is 0 Å². The first-order valence-electron chi connectivity index (χ1n) is 6.62. The van der Waals surface area contributed by atoms with Crippen molar-refractivity contribution in [1.82, 2.24) is 4.98 Å². The molecule has 107 valence electrons. The minimum absolute atomic E-state index is 0.200. The summed E-state index contributed by atoms with van der Waals surface area (Å²) >= 11 is 0. The quantitative estimate of drug-likeness (QED) is 0.535. The summed E-state index contributed by atoms with van der Waals surface area (Å²) in [6.07, 6.45) is 6.04. The summed E-state index contributed by atoms with van der Waals surface area (Å²) in [5.74, 6) is -0.130. The van der Waals surface area contributed by atoms with Crippen molar-refractivity contribution >= 4 is 11.9 Å². The van der Waals surface area contributed by atoms with Gasteiger partial charge >= 0.3 is 0 Å². The number of carbonyl (C=O) groups is 1. The molecule has 0 amide bonds. The molecule has 0 atom stereocenters. The van der Waals surface area contributed by atoms with Gasteiger partial charge in [0.15, 0.2) is 5.78 Å². The maximum absolute atomic E-state index is 12.8. The summed E-state index contributed by atoms with van der Waals surface area (Å²) in [6.45, 7) is 0. The van der Waals surface area contributed by atoms with E-state index >= 15 is 0 Å². The number of hydrogen-bond acceptors (Lipinski definition) is 3. The van der Waals surface area contributed by atoms with E-state index in [1.807, 2.05) is 0 Å². The largest absolute Gasteiger partial charge is 0.445 e. The van der Waals surface area contributed by atoms with Crippen molar-refractivity contribution in [3.05, 3.63) is 84.0 Å². The molecule has 0 aliphatic carbocycles. The van der Waals surface area contributed by atoms with Crippen molar-refractivity contribution < 1.29 is 13.6 Å². The molecule has 0 unspecified atom stereocenters. The van der Waals surface area contributed by atoms with Crippen LogP contribution in [0.15, 0.2) is 65.4 Å². The summed E-state index contributed by atoms with van der Waals surface area (Å²) in [7, 11) is 0. The van der Waals surface area contributed by atoms with Gasteiger partial charge in [0, 0.05) is 11.1 Å². The molecular weight excluding hydrogens is 281 g/mol. The Bertz CT molecular complexity index is 805. The highest BCUT2D eigenvalue weighted by Gasteiger charge is 2.12. The first kappa shape index (κ1) is 13.9. The van der Waals surface area contributed by atoms with Crippen LogP contribution in [0.25, 0.3) is 17.5 Å². The van der Waals surface area contributed by atoms with Gasteiger partial charge in [0.25, 0.3) is 0 Å². The number of nitrogens with zero attached hydrogens (tertiary/aromatic N) is 1. The van der Waals surface area contributed by atoms with E-state index in [1.165, 1.54) is 30.7 Å². The standard InChI is InChI=1S/C18H11FNO2/c19-14-8-5-13(6-9-14)7-10-17(21)15-3-1-2-4-16(15)18-20-11-12-22-18/h2-12H. The molecule has 0 aliphatic heterocycles. The number of allylic oxidation sites excluding steroid dienone is 1.